The summed E-state index contributed by atoms with van der Waals surface area (Å²) in [5.41, 5.74) is 1.31. The third-order valence-corrected chi connectivity index (χ3v) is 7.78. The number of pyridine rings is 1. The molecule has 0 bridgehead atoms. The van der Waals surface area contributed by atoms with Crippen LogP contribution in [0.2, 0.25) is 0 Å². The molecule has 11 nitrogen and oxygen atoms in total. The lowest BCUT2D eigenvalue weighted by molar-refractivity contribution is -0.127. The highest BCUT2D eigenvalue weighted by Crippen LogP contribution is 2.33. The topological polar surface area (TPSA) is 119 Å². The van der Waals surface area contributed by atoms with Gasteiger partial charge >= 0.3 is 5.69 Å². The highest BCUT2D eigenvalue weighted by molar-refractivity contribution is 6.06. The molecule has 1 saturated carbocycles. The molecule has 214 valence electrons. The minimum absolute atomic E-state index is 0.0463. The lowest BCUT2D eigenvalue weighted by Crippen LogP contribution is -2.41. The van der Waals surface area contributed by atoms with Crippen molar-refractivity contribution in [3.8, 4) is 0 Å². The van der Waals surface area contributed by atoms with E-state index in [1.165, 1.54) is 4.57 Å². The van der Waals surface area contributed by atoms with Gasteiger partial charge in [-0.2, -0.15) is 0 Å². The smallest absolute Gasteiger partial charge is 0.332 e. The van der Waals surface area contributed by atoms with Gasteiger partial charge in [-0.25, -0.2) is 14.8 Å². The van der Waals surface area contributed by atoms with Crippen molar-refractivity contribution in [1.82, 2.24) is 19.0 Å². The minimum Gasteiger partial charge on any atom is -0.385 e. The summed E-state index contributed by atoms with van der Waals surface area (Å²) in [6, 6.07) is 3.70. The van der Waals surface area contributed by atoms with Crippen LogP contribution in [0.25, 0.3) is 0 Å². The minimum atomic E-state index is -0.343. The maximum atomic E-state index is 13.3. The molecule has 2 fully saturated rings. The molecule has 11 heteroatoms. The molecule has 0 N–H and O–H groups in total. The molecule has 0 spiro atoms. The molecule has 4 heterocycles. The third-order valence-electron chi connectivity index (χ3n) is 7.78. The normalized spacial score (nSPS) is 16.4. The van der Waals surface area contributed by atoms with Gasteiger partial charge in [-0.1, -0.05) is 6.92 Å². The van der Waals surface area contributed by atoms with E-state index < -0.39 is 0 Å². The highest BCUT2D eigenvalue weighted by atomic mass is 16.5. The number of hydrogen-bond donors (Lipinski definition) is 0. The summed E-state index contributed by atoms with van der Waals surface area (Å²) >= 11 is 0. The molecule has 1 aliphatic carbocycles. The van der Waals surface area contributed by atoms with Crippen molar-refractivity contribution < 1.29 is 14.3 Å². The number of ether oxygens (including phenoxy) is 1. The Bertz CT molecular complexity index is 1410. The highest BCUT2D eigenvalue weighted by Gasteiger charge is 2.35. The number of amides is 2. The Labute approximate surface area is 233 Å². The van der Waals surface area contributed by atoms with E-state index in [0.717, 1.165) is 37.8 Å². The van der Waals surface area contributed by atoms with Crippen LogP contribution in [0.1, 0.15) is 63.0 Å². The van der Waals surface area contributed by atoms with Crippen molar-refractivity contribution in [3.63, 3.8) is 0 Å². The lowest BCUT2D eigenvalue weighted by Gasteiger charge is -2.23. The molecule has 1 saturated heterocycles. The van der Waals surface area contributed by atoms with Gasteiger partial charge in [0, 0.05) is 77.0 Å². The number of carbonyl (C=O) groups excluding carboxylic acids is 2. The number of carbonyl (C=O) groups is 2. The fourth-order valence-electron chi connectivity index (χ4n) is 5.48. The summed E-state index contributed by atoms with van der Waals surface area (Å²) in [4.78, 5) is 64.4. The van der Waals surface area contributed by atoms with Gasteiger partial charge in [0.15, 0.2) is 0 Å². The Balaban J connectivity index is 1.35. The summed E-state index contributed by atoms with van der Waals surface area (Å²) in [5.74, 6) is 1.32. The SMILES string of the molecule is CCCn1c2c(c(=O)n(CCCOC)c1=O)CC(c1ccc(N(CCCN3CCCC3=O)C(=O)C3CC3)nc1)=N2. The molecule has 0 radical (unpaired) electrons. The maximum Gasteiger partial charge on any atom is 0.332 e. The van der Waals surface area contributed by atoms with Gasteiger partial charge in [-0.05, 0) is 50.7 Å². The lowest BCUT2D eigenvalue weighted by atomic mass is 10.1. The molecule has 0 atom stereocenters. The number of aromatic nitrogens is 3. The van der Waals surface area contributed by atoms with Gasteiger partial charge < -0.3 is 9.64 Å². The number of aliphatic imine (C=N–C) groups is 1. The second kappa shape index (κ2) is 12.3. The average molecular weight is 551 g/mol. The van der Waals surface area contributed by atoms with E-state index in [0.29, 0.717) is 81.4 Å². The molecule has 2 aromatic heterocycles. The first-order chi connectivity index (χ1) is 19.4. The van der Waals surface area contributed by atoms with Gasteiger partial charge in [-0.3, -0.25) is 28.4 Å². The van der Waals surface area contributed by atoms with Crippen LogP contribution < -0.4 is 16.1 Å². The summed E-state index contributed by atoms with van der Waals surface area (Å²) in [6.45, 7) is 5.15. The van der Waals surface area contributed by atoms with Crippen molar-refractivity contribution in [1.29, 1.82) is 0 Å². The Hall–Kier alpha value is -3.60. The van der Waals surface area contributed by atoms with Crippen LogP contribution in [0.3, 0.4) is 0 Å². The Morgan fingerprint density at radius 1 is 1.10 bits per heavy atom. The maximum absolute atomic E-state index is 13.3. The first-order valence-electron chi connectivity index (χ1n) is 14.4. The molecular weight excluding hydrogens is 512 g/mol. The summed E-state index contributed by atoms with van der Waals surface area (Å²) in [7, 11) is 1.60. The standard InChI is InChI=1S/C29H38N6O5/c1-3-12-34-26-22(28(38)35(29(34)39)16-6-17-40-2)18-23(31-26)21-10-11-24(30-19-21)33(27(37)20-8-9-20)15-5-14-32-13-4-7-25(32)36/h10-11,19-20H,3-9,12-18H2,1-2H3. The zero-order valence-corrected chi connectivity index (χ0v) is 23.4. The van der Waals surface area contributed by atoms with Crippen molar-refractivity contribution in [3.05, 3.63) is 50.3 Å². The zero-order valence-electron chi connectivity index (χ0n) is 23.4. The van der Waals surface area contributed by atoms with Gasteiger partial charge in [0.25, 0.3) is 5.56 Å². The van der Waals surface area contributed by atoms with Crippen molar-refractivity contribution in [2.75, 3.05) is 38.3 Å². The second-order valence-electron chi connectivity index (χ2n) is 10.8. The third kappa shape index (κ3) is 5.79. The Morgan fingerprint density at radius 3 is 2.58 bits per heavy atom. The number of hydrogen-bond acceptors (Lipinski definition) is 7. The molecular formula is C29H38N6O5. The Kier molecular flexibility index (Phi) is 8.58. The largest absolute Gasteiger partial charge is 0.385 e. The van der Waals surface area contributed by atoms with Gasteiger partial charge in [0.2, 0.25) is 11.8 Å². The van der Waals surface area contributed by atoms with Crippen LogP contribution in [0, 0.1) is 5.92 Å². The summed E-state index contributed by atoms with van der Waals surface area (Å²) in [5, 5.41) is 0. The van der Waals surface area contributed by atoms with E-state index >= 15 is 0 Å². The Morgan fingerprint density at radius 2 is 1.93 bits per heavy atom. The van der Waals surface area contributed by atoms with Crippen molar-refractivity contribution >= 4 is 29.2 Å². The molecule has 2 aromatic rings. The van der Waals surface area contributed by atoms with Crippen molar-refractivity contribution in [2.45, 2.75) is 71.4 Å². The van der Waals surface area contributed by atoms with E-state index in [9.17, 15) is 19.2 Å². The van der Waals surface area contributed by atoms with E-state index in [2.05, 4.69) is 4.98 Å². The van der Waals surface area contributed by atoms with Gasteiger partial charge in [0.05, 0.1) is 11.3 Å². The molecule has 2 amide bonds. The number of methoxy groups -OCH3 is 1. The number of anilines is 1. The second-order valence-corrected chi connectivity index (χ2v) is 10.8. The monoisotopic (exact) mass is 550 g/mol. The molecule has 40 heavy (non-hydrogen) atoms. The number of fused-ring (bicyclic) bond motifs is 1. The molecule has 0 unspecified atom stereocenters. The number of nitrogens with zero attached hydrogens (tertiary/aromatic N) is 6. The first kappa shape index (κ1) is 27.9. The fraction of sp³-hybridized carbons (Fsp3) is 0.586. The van der Waals surface area contributed by atoms with Crippen LogP contribution in [0.4, 0.5) is 11.6 Å². The van der Waals surface area contributed by atoms with Gasteiger partial charge in [0.1, 0.15) is 11.6 Å². The quantitative estimate of drug-likeness (QED) is 0.353. The average Bonchev–Trinajstić information content (AvgIpc) is 3.59. The molecule has 0 aromatic carbocycles. The first-order valence-corrected chi connectivity index (χ1v) is 14.4. The van der Waals surface area contributed by atoms with E-state index in [1.54, 1.807) is 22.8 Å². The van der Waals surface area contributed by atoms with E-state index in [-0.39, 0.29) is 29.0 Å². The summed E-state index contributed by atoms with van der Waals surface area (Å²) in [6.07, 6.45) is 7.32. The van der Waals surface area contributed by atoms with Crippen LogP contribution in [0.15, 0.2) is 32.9 Å². The van der Waals surface area contributed by atoms with Crippen LogP contribution in [-0.4, -0.2) is 69.9 Å². The summed E-state index contributed by atoms with van der Waals surface area (Å²) < 4.78 is 7.99. The van der Waals surface area contributed by atoms with E-state index in [4.69, 9.17) is 9.73 Å². The molecule has 3 aliphatic rings. The predicted octanol–water partition coefficient (Wildman–Crippen LogP) is 2.28. The molecule has 2 aliphatic heterocycles. The van der Waals surface area contributed by atoms with Crippen LogP contribution >= 0.6 is 0 Å². The van der Waals surface area contributed by atoms with E-state index in [1.807, 2.05) is 24.0 Å². The fourth-order valence-corrected chi connectivity index (χ4v) is 5.48. The van der Waals surface area contributed by atoms with Crippen LogP contribution in [0.5, 0.6) is 0 Å². The van der Waals surface area contributed by atoms with Crippen molar-refractivity contribution in [2.24, 2.45) is 10.9 Å². The van der Waals surface area contributed by atoms with Gasteiger partial charge in [-0.15, -0.1) is 0 Å². The number of rotatable bonds is 13. The number of likely N-dealkylation sites (tertiary alicyclic amines) is 1. The predicted molar refractivity (Wildman–Crippen MR) is 151 cm³/mol. The van der Waals surface area contributed by atoms with Crippen LogP contribution in [-0.2, 0) is 33.8 Å². The zero-order chi connectivity index (χ0) is 28.2. The molecule has 5 rings (SSSR count).